The predicted molar refractivity (Wildman–Crippen MR) is 50.5 cm³/mol. The van der Waals surface area contributed by atoms with E-state index in [2.05, 4.69) is 16.6 Å². The third kappa shape index (κ3) is 6.33. The molecule has 0 heterocycles. The second-order valence-corrected chi connectivity index (χ2v) is 4.24. The molecule has 0 radical (unpaired) electrons. The van der Waals surface area contributed by atoms with E-state index in [0.29, 0.717) is 13.1 Å². The van der Waals surface area contributed by atoms with E-state index in [0.717, 1.165) is 6.54 Å². The Morgan fingerprint density at radius 3 is 2.67 bits per heavy atom. The van der Waals surface area contributed by atoms with Crippen LogP contribution in [-0.4, -0.2) is 33.8 Å². The van der Waals surface area contributed by atoms with E-state index in [1.807, 2.05) is 6.92 Å². The molecule has 0 fully saturated rings. The second kappa shape index (κ2) is 6.16. The molecule has 0 aromatic heterocycles. The zero-order valence-corrected chi connectivity index (χ0v) is 8.15. The zero-order valence-electron chi connectivity index (χ0n) is 7.34. The van der Waals surface area contributed by atoms with E-state index in [1.165, 1.54) is 6.08 Å². The van der Waals surface area contributed by atoms with Crippen molar-refractivity contribution in [2.75, 3.05) is 25.4 Å². The SMILES string of the molecule is C=CCNS(=O)(=O)CCNCC. The quantitative estimate of drug-likeness (QED) is 0.430. The molecule has 2 N–H and O–H groups in total. The van der Waals surface area contributed by atoms with Crippen LogP contribution in [0.2, 0.25) is 0 Å². The van der Waals surface area contributed by atoms with Crippen molar-refractivity contribution in [3.8, 4) is 0 Å². The molecule has 0 amide bonds. The van der Waals surface area contributed by atoms with E-state index in [4.69, 9.17) is 0 Å². The fourth-order valence-corrected chi connectivity index (χ4v) is 1.57. The monoisotopic (exact) mass is 192 g/mol. The first kappa shape index (κ1) is 11.6. The molecule has 12 heavy (non-hydrogen) atoms. The zero-order chi connectivity index (χ0) is 9.45. The number of nitrogens with one attached hydrogen (secondary N) is 2. The van der Waals surface area contributed by atoms with Gasteiger partial charge in [0.25, 0.3) is 0 Å². The van der Waals surface area contributed by atoms with Crippen LogP contribution in [0.3, 0.4) is 0 Å². The van der Waals surface area contributed by atoms with Crippen molar-refractivity contribution in [3.05, 3.63) is 12.7 Å². The van der Waals surface area contributed by atoms with Gasteiger partial charge in [-0.05, 0) is 6.54 Å². The Bertz CT molecular complexity index is 211. The lowest BCUT2D eigenvalue weighted by Gasteiger charge is -2.03. The highest BCUT2D eigenvalue weighted by atomic mass is 32.2. The van der Waals surface area contributed by atoms with Crippen molar-refractivity contribution in [3.63, 3.8) is 0 Å². The van der Waals surface area contributed by atoms with Crippen LogP contribution in [0.25, 0.3) is 0 Å². The predicted octanol–water partition coefficient (Wildman–Crippen LogP) is -0.299. The summed E-state index contributed by atoms with van der Waals surface area (Å²) in [4.78, 5) is 0. The van der Waals surface area contributed by atoms with E-state index in [9.17, 15) is 8.42 Å². The molecule has 72 valence electrons. The molecule has 5 heteroatoms. The van der Waals surface area contributed by atoms with Crippen LogP contribution in [-0.2, 0) is 10.0 Å². The van der Waals surface area contributed by atoms with Gasteiger partial charge in [-0.1, -0.05) is 13.0 Å². The first-order valence-electron chi connectivity index (χ1n) is 3.91. The van der Waals surface area contributed by atoms with Gasteiger partial charge in [0, 0.05) is 13.1 Å². The number of hydrogen-bond donors (Lipinski definition) is 2. The Morgan fingerprint density at radius 1 is 1.50 bits per heavy atom. The molecule has 0 saturated carbocycles. The van der Waals surface area contributed by atoms with E-state index in [1.54, 1.807) is 0 Å². The van der Waals surface area contributed by atoms with Crippen LogP contribution < -0.4 is 10.0 Å². The second-order valence-electron chi connectivity index (χ2n) is 2.31. The van der Waals surface area contributed by atoms with Crippen LogP contribution in [0.5, 0.6) is 0 Å². The molecule has 0 aromatic rings. The number of hydrogen-bond acceptors (Lipinski definition) is 3. The van der Waals surface area contributed by atoms with Crippen LogP contribution >= 0.6 is 0 Å². The van der Waals surface area contributed by atoms with E-state index >= 15 is 0 Å². The van der Waals surface area contributed by atoms with Gasteiger partial charge in [-0.2, -0.15) is 0 Å². The maximum absolute atomic E-state index is 11.1. The molecule has 0 rings (SSSR count). The molecule has 0 aromatic carbocycles. The molecule has 0 aliphatic rings. The highest BCUT2D eigenvalue weighted by Gasteiger charge is 2.06. The molecule has 4 nitrogen and oxygen atoms in total. The minimum atomic E-state index is -3.10. The van der Waals surface area contributed by atoms with E-state index in [-0.39, 0.29) is 5.75 Å². The van der Waals surface area contributed by atoms with Gasteiger partial charge in [-0.3, -0.25) is 0 Å². The molecule has 0 saturated heterocycles. The van der Waals surface area contributed by atoms with E-state index < -0.39 is 10.0 Å². The average Bonchev–Trinajstić information content (AvgIpc) is 2.01. The van der Waals surface area contributed by atoms with Crippen molar-refractivity contribution >= 4 is 10.0 Å². The van der Waals surface area contributed by atoms with Gasteiger partial charge in [0.15, 0.2) is 0 Å². The summed E-state index contributed by atoms with van der Waals surface area (Å²) >= 11 is 0. The summed E-state index contributed by atoms with van der Waals surface area (Å²) in [6, 6.07) is 0. The molecule has 0 aliphatic carbocycles. The van der Waals surface area contributed by atoms with Gasteiger partial charge in [-0.25, -0.2) is 13.1 Å². The van der Waals surface area contributed by atoms with Crippen molar-refractivity contribution < 1.29 is 8.42 Å². The van der Waals surface area contributed by atoms with Gasteiger partial charge < -0.3 is 5.32 Å². The summed E-state index contributed by atoms with van der Waals surface area (Å²) in [5, 5.41) is 2.94. The standard InChI is InChI=1S/C7H16N2O2S/c1-3-5-9-12(10,11)7-6-8-4-2/h3,8-9H,1,4-7H2,2H3. The van der Waals surface area contributed by atoms with Crippen molar-refractivity contribution in [2.45, 2.75) is 6.92 Å². The summed E-state index contributed by atoms with van der Waals surface area (Å²) in [7, 11) is -3.10. The first-order valence-corrected chi connectivity index (χ1v) is 5.56. The lowest BCUT2D eigenvalue weighted by Crippen LogP contribution is -2.31. The molecule has 0 aliphatic heterocycles. The van der Waals surface area contributed by atoms with Gasteiger partial charge >= 0.3 is 0 Å². The lowest BCUT2D eigenvalue weighted by molar-refractivity contribution is 0.581. The fourth-order valence-electron chi connectivity index (χ4n) is 0.641. The Kier molecular flexibility index (Phi) is 5.96. The Morgan fingerprint density at radius 2 is 2.17 bits per heavy atom. The van der Waals surface area contributed by atoms with Crippen LogP contribution in [0.4, 0.5) is 0 Å². The third-order valence-corrected chi connectivity index (χ3v) is 2.59. The van der Waals surface area contributed by atoms with Crippen molar-refractivity contribution in [1.29, 1.82) is 0 Å². The highest BCUT2D eigenvalue weighted by Crippen LogP contribution is 1.81. The Balaban J connectivity index is 3.64. The molecule has 0 unspecified atom stereocenters. The summed E-state index contributed by atoms with van der Waals surface area (Å²) < 4.78 is 24.5. The molecular formula is C7H16N2O2S. The molecule has 0 spiro atoms. The average molecular weight is 192 g/mol. The maximum Gasteiger partial charge on any atom is 0.213 e. The summed E-state index contributed by atoms with van der Waals surface area (Å²) in [6.07, 6.45) is 1.52. The minimum Gasteiger partial charge on any atom is -0.316 e. The fraction of sp³-hybridized carbons (Fsp3) is 0.714. The normalized spacial score (nSPS) is 11.4. The van der Waals surface area contributed by atoms with Crippen molar-refractivity contribution in [2.24, 2.45) is 0 Å². The van der Waals surface area contributed by atoms with Gasteiger partial charge in [0.05, 0.1) is 5.75 Å². The van der Waals surface area contributed by atoms with Gasteiger partial charge in [0.2, 0.25) is 10.0 Å². The molecule has 0 bridgehead atoms. The summed E-state index contributed by atoms with van der Waals surface area (Å²) in [5.74, 6) is 0.120. The summed E-state index contributed by atoms with van der Waals surface area (Å²) in [5.41, 5.74) is 0. The highest BCUT2D eigenvalue weighted by molar-refractivity contribution is 7.89. The first-order chi connectivity index (χ1) is 5.62. The van der Waals surface area contributed by atoms with Crippen LogP contribution in [0.15, 0.2) is 12.7 Å². The van der Waals surface area contributed by atoms with Gasteiger partial charge in [0.1, 0.15) is 0 Å². The van der Waals surface area contributed by atoms with Gasteiger partial charge in [-0.15, -0.1) is 6.58 Å². The Hall–Kier alpha value is -0.390. The third-order valence-electron chi connectivity index (χ3n) is 1.25. The minimum absolute atomic E-state index is 0.120. The Labute approximate surface area is 74.1 Å². The smallest absolute Gasteiger partial charge is 0.213 e. The molecular weight excluding hydrogens is 176 g/mol. The largest absolute Gasteiger partial charge is 0.316 e. The lowest BCUT2D eigenvalue weighted by atomic mass is 10.7. The van der Waals surface area contributed by atoms with Crippen LogP contribution in [0.1, 0.15) is 6.92 Å². The topological polar surface area (TPSA) is 58.2 Å². The summed E-state index contributed by atoms with van der Waals surface area (Å²) in [6.45, 7) is 6.93. The molecule has 0 atom stereocenters. The number of rotatable bonds is 7. The maximum atomic E-state index is 11.1. The van der Waals surface area contributed by atoms with Crippen molar-refractivity contribution in [1.82, 2.24) is 10.0 Å². The van der Waals surface area contributed by atoms with Crippen LogP contribution in [0, 0.1) is 0 Å². The number of sulfonamides is 1.